The zero-order valence-corrected chi connectivity index (χ0v) is 18.0. The maximum Gasteiger partial charge on any atom is 0.338 e. The topological polar surface area (TPSA) is 83.9 Å². The third-order valence-corrected chi connectivity index (χ3v) is 5.83. The minimum Gasteiger partial charge on any atom is -0.298 e. The van der Waals surface area contributed by atoms with Crippen LogP contribution >= 0.6 is 22.9 Å². The fourth-order valence-corrected chi connectivity index (χ4v) is 4.48. The highest BCUT2D eigenvalue weighted by Gasteiger charge is 2.15. The van der Waals surface area contributed by atoms with Crippen LogP contribution < -0.4 is 16.2 Å². The molecule has 30 heavy (non-hydrogen) atoms. The Morgan fingerprint density at radius 3 is 2.73 bits per heavy atom. The highest BCUT2D eigenvalue weighted by atomic mass is 35.5. The second kappa shape index (κ2) is 7.92. The molecule has 0 fully saturated rings. The van der Waals surface area contributed by atoms with Gasteiger partial charge in [-0.3, -0.25) is 20.9 Å². The van der Waals surface area contributed by atoms with Gasteiger partial charge in [0.2, 0.25) is 0 Å². The van der Waals surface area contributed by atoms with E-state index in [1.807, 2.05) is 27.0 Å². The predicted octanol–water partition coefficient (Wildman–Crippen LogP) is 5.25. The van der Waals surface area contributed by atoms with E-state index in [0.29, 0.717) is 26.3 Å². The van der Waals surface area contributed by atoms with Gasteiger partial charge in [0, 0.05) is 23.6 Å². The van der Waals surface area contributed by atoms with Gasteiger partial charge in [-0.05, 0) is 37.6 Å². The minimum absolute atomic E-state index is 0.378. The van der Waals surface area contributed by atoms with Crippen molar-refractivity contribution >= 4 is 50.8 Å². The number of aryl methyl sites for hydroxylation is 3. The number of hydrogen-bond acceptors (Lipinski definition) is 5. The molecule has 0 radical (unpaired) electrons. The monoisotopic (exact) mass is 444 g/mol. The molecule has 3 N–H and O–H groups in total. The molecule has 0 saturated carbocycles. The number of hydrazine groups is 1. The van der Waals surface area contributed by atoms with Gasteiger partial charge in [0.25, 0.3) is 0 Å². The average molecular weight is 445 g/mol. The van der Waals surface area contributed by atoms with Gasteiger partial charge in [0.15, 0.2) is 5.65 Å². The molecule has 10 heteroatoms. The number of aromatic nitrogens is 3. The molecule has 0 aliphatic rings. The molecule has 0 unspecified atom stereocenters. The molecular formula is C20H18ClFN6OS. The van der Waals surface area contributed by atoms with Gasteiger partial charge in [0.05, 0.1) is 10.7 Å². The van der Waals surface area contributed by atoms with Crippen LogP contribution in [0.25, 0.3) is 22.2 Å². The Labute approximate surface area is 180 Å². The van der Waals surface area contributed by atoms with Crippen LogP contribution in [0.3, 0.4) is 0 Å². The molecule has 0 aliphatic heterocycles. The van der Waals surface area contributed by atoms with Gasteiger partial charge in [-0.2, -0.15) is 5.10 Å². The first kappa shape index (κ1) is 20.1. The lowest BCUT2D eigenvalue weighted by Crippen LogP contribution is -2.33. The molecule has 0 aliphatic carbocycles. The van der Waals surface area contributed by atoms with Crippen LogP contribution in [0.15, 0.2) is 36.4 Å². The third-order valence-electron chi connectivity index (χ3n) is 4.56. The van der Waals surface area contributed by atoms with E-state index in [2.05, 4.69) is 26.3 Å². The summed E-state index contributed by atoms with van der Waals surface area (Å²) < 4.78 is 16.1. The minimum atomic E-state index is -0.506. The summed E-state index contributed by atoms with van der Waals surface area (Å²) in [5, 5.41) is 8.53. The molecule has 1 aromatic carbocycles. The molecule has 0 saturated heterocycles. The van der Waals surface area contributed by atoms with Crippen molar-refractivity contribution in [2.45, 2.75) is 13.8 Å². The highest BCUT2D eigenvalue weighted by Crippen LogP contribution is 2.39. The molecule has 4 aromatic rings. The fraction of sp³-hybridized carbons (Fsp3) is 0.150. The number of urea groups is 1. The Hall–Kier alpha value is -3.17. The number of nitrogens with zero attached hydrogens (tertiary/aromatic N) is 3. The van der Waals surface area contributed by atoms with E-state index in [1.165, 1.54) is 6.07 Å². The molecule has 7 nitrogen and oxygen atoms in total. The van der Waals surface area contributed by atoms with Gasteiger partial charge < -0.3 is 0 Å². The van der Waals surface area contributed by atoms with Gasteiger partial charge in [0.1, 0.15) is 16.0 Å². The van der Waals surface area contributed by atoms with E-state index >= 15 is 0 Å². The standard InChI is InChI=1S/C20H18ClFN6OS/c1-10-8-15(23-19-17(10)11(2)27-28(19)3)25-26-20(29)24-16-9-13(18(21)30-16)12-6-4-5-7-14(12)22/h4-9H,1-3H3,(H,23,25)(H2,24,26,29). The fourth-order valence-electron chi connectivity index (χ4n) is 3.28. The second-order valence-corrected chi connectivity index (χ2v) is 8.37. The van der Waals surface area contributed by atoms with Crippen LogP contribution in [0.4, 0.5) is 20.0 Å². The summed E-state index contributed by atoms with van der Waals surface area (Å²) in [6.07, 6.45) is 0. The van der Waals surface area contributed by atoms with Crippen LogP contribution in [0.5, 0.6) is 0 Å². The molecule has 0 atom stereocenters. The first-order valence-corrected chi connectivity index (χ1v) is 10.2. The summed E-state index contributed by atoms with van der Waals surface area (Å²) in [6.45, 7) is 3.89. The normalized spacial score (nSPS) is 11.0. The number of rotatable bonds is 4. The Bertz CT molecular complexity index is 1270. The lowest BCUT2D eigenvalue weighted by Gasteiger charge is -2.09. The van der Waals surface area contributed by atoms with E-state index in [4.69, 9.17) is 11.6 Å². The van der Waals surface area contributed by atoms with Gasteiger partial charge in [-0.1, -0.05) is 29.8 Å². The summed E-state index contributed by atoms with van der Waals surface area (Å²) in [4.78, 5) is 16.8. The van der Waals surface area contributed by atoms with Crippen LogP contribution in [-0.2, 0) is 7.05 Å². The van der Waals surface area contributed by atoms with Crippen molar-refractivity contribution in [3.63, 3.8) is 0 Å². The number of fused-ring (bicyclic) bond motifs is 1. The van der Waals surface area contributed by atoms with Gasteiger partial charge in [-0.25, -0.2) is 14.2 Å². The Morgan fingerprint density at radius 2 is 1.97 bits per heavy atom. The highest BCUT2D eigenvalue weighted by molar-refractivity contribution is 7.20. The number of benzene rings is 1. The molecule has 3 aromatic heterocycles. The lowest BCUT2D eigenvalue weighted by molar-refractivity contribution is 0.254. The number of halogens is 2. The summed E-state index contributed by atoms with van der Waals surface area (Å²) in [5.41, 5.74) is 8.85. The number of nitrogens with one attached hydrogen (secondary N) is 3. The number of pyridine rings is 1. The number of hydrogen-bond donors (Lipinski definition) is 3. The number of amides is 2. The van der Waals surface area contributed by atoms with E-state index in [0.717, 1.165) is 33.6 Å². The first-order valence-electron chi connectivity index (χ1n) is 9.01. The summed E-state index contributed by atoms with van der Waals surface area (Å²) in [5.74, 6) is 0.103. The molecule has 4 rings (SSSR count). The van der Waals surface area contributed by atoms with Crippen LogP contribution in [0.1, 0.15) is 11.3 Å². The first-order chi connectivity index (χ1) is 14.3. The molecule has 0 bridgehead atoms. The predicted molar refractivity (Wildman–Crippen MR) is 118 cm³/mol. The maximum atomic E-state index is 14.0. The maximum absolute atomic E-state index is 14.0. The second-order valence-electron chi connectivity index (χ2n) is 6.71. The van der Waals surface area contributed by atoms with Crippen LogP contribution in [-0.4, -0.2) is 20.8 Å². The van der Waals surface area contributed by atoms with Crippen molar-refractivity contribution in [2.75, 3.05) is 10.7 Å². The lowest BCUT2D eigenvalue weighted by atomic mass is 10.1. The van der Waals surface area contributed by atoms with Gasteiger partial charge in [-0.15, -0.1) is 11.3 Å². The number of thiophene rings is 1. The Balaban J connectivity index is 1.46. The Kier molecular flexibility index (Phi) is 5.31. The summed E-state index contributed by atoms with van der Waals surface area (Å²) >= 11 is 7.39. The van der Waals surface area contributed by atoms with Gasteiger partial charge >= 0.3 is 6.03 Å². The SMILES string of the molecule is Cc1cc(NNC(=O)Nc2cc(-c3ccccc3F)c(Cl)s2)nc2c1c(C)nn2C. The van der Waals surface area contributed by atoms with Crippen molar-refractivity contribution in [1.82, 2.24) is 20.2 Å². The van der Waals surface area contributed by atoms with E-state index in [-0.39, 0.29) is 5.82 Å². The molecule has 0 spiro atoms. The van der Waals surface area contributed by atoms with E-state index in [1.54, 1.807) is 28.9 Å². The van der Waals surface area contributed by atoms with Crippen LogP contribution in [0.2, 0.25) is 4.34 Å². The molecular weight excluding hydrogens is 427 g/mol. The van der Waals surface area contributed by atoms with Crippen LogP contribution in [0, 0.1) is 19.7 Å². The Morgan fingerprint density at radius 1 is 1.20 bits per heavy atom. The zero-order valence-electron chi connectivity index (χ0n) is 16.4. The van der Waals surface area contributed by atoms with Crippen molar-refractivity contribution < 1.29 is 9.18 Å². The summed E-state index contributed by atoms with van der Waals surface area (Å²) in [7, 11) is 1.82. The largest absolute Gasteiger partial charge is 0.338 e. The van der Waals surface area contributed by atoms with Crippen molar-refractivity contribution in [3.05, 3.63) is 57.8 Å². The van der Waals surface area contributed by atoms with Crippen molar-refractivity contribution in [1.29, 1.82) is 0 Å². The molecule has 3 heterocycles. The molecule has 2 amide bonds. The van der Waals surface area contributed by atoms with Crippen molar-refractivity contribution in [3.8, 4) is 11.1 Å². The third kappa shape index (κ3) is 3.81. The summed E-state index contributed by atoms with van der Waals surface area (Å²) in [6, 6.07) is 9.30. The number of anilines is 2. The number of carbonyl (C=O) groups excluding carboxylic acids is 1. The average Bonchev–Trinajstić information content (AvgIpc) is 3.19. The van der Waals surface area contributed by atoms with E-state index in [9.17, 15) is 9.18 Å². The van der Waals surface area contributed by atoms with E-state index < -0.39 is 6.03 Å². The quantitative estimate of drug-likeness (QED) is 0.375. The smallest absolute Gasteiger partial charge is 0.298 e. The van der Waals surface area contributed by atoms with Crippen molar-refractivity contribution in [2.24, 2.45) is 7.05 Å². The number of carbonyl (C=O) groups is 1. The zero-order chi connectivity index (χ0) is 21.4. The molecule has 154 valence electrons.